The molecule has 0 spiro atoms. The van der Waals surface area contributed by atoms with E-state index in [1.165, 1.54) is 13.0 Å². The largest absolute Gasteiger partial charge is 0.493 e. The predicted molar refractivity (Wildman–Crippen MR) is 113 cm³/mol. The third-order valence-corrected chi connectivity index (χ3v) is 4.74. The van der Waals surface area contributed by atoms with E-state index in [9.17, 15) is 22.8 Å². The van der Waals surface area contributed by atoms with Gasteiger partial charge in [-0.3, -0.25) is 0 Å². The normalized spacial score (nSPS) is 13.4. The first kappa shape index (κ1) is 23.1. The number of fused-ring (bicyclic) bond motifs is 1. The van der Waals surface area contributed by atoms with Gasteiger partial charge in [-0.1, -0.05) is 43.8 Å². The van der Waals surface area contributed by atoms with Gasteiger partial charge in [0.25, 0.3) is 0 Å². The van der Waals surface area contributed by atoms with Crippen molar-refractivity contribution >= 4 is 16.9 Å². The molecule has 0 amide bonds. The number of carbonyl (C=O) groups is 1. The SMILES string of the molecule is C=CC(=O)OCC(C)(COc1ccc2cc(-c3ccccc3)c(=O)oc2c1)CC(F)(F)F. The summed E-state index contributed by atoms with van der Waals surface area (Å²) < 4.78 is 54.9. The van der Waals surface area contributed by atoms with Gasteiger partial charge in [-0.05, 0) is 23.8 Å². The maximum absolute atomic E-state index is 13.0. The fraction of sp³-hybridized carbons (Fsp3) is 0.250. The molecule has 5 nitrogen and oxygen atoms in total. The Hall–Kier alpha value is -3.55. The van der Waals surface area contributed by atoms with Crippen LogP contribution in [0.15, 0.2) is 76.5 Å². The smallest absolute Gasteiger partial charge is 0.389 e. The van der Waals surface area contributed by atoms with Crippen LogP contribution in [0.5, 0.6) is 5.75 Å². The zero-order valence-electron chi connectivity index (χ0n) is 17.3. The predicted octanol–water partition coefficient (Wildman–Crippen LogP) is 5.53. The highest BCUT2D eigenvalue weighted by Crippen LogP contribution is 2.35. The number of hydrogen-bond donors (Lipinski definition) is 0. The first-order valence-electron chi connectivity index (χ1n) is 9.71. The minimum Gasteiger partial charge on any atom is -0.493 e. The van der Waals surface area contributed by atoms with E-state index in [1.807, 2.05) is 6.07 Å². The van der Waals surface area contributed by atoms with Gasteiger partial charge < -0.3 is 13.9 Å². The van der Waals surface area contributed by atoms with Crippen LogP contribution in [0.3, 0.4) is 0 Å². The standard InChI is InChI=1S/C24H21F3O5/c1-3-21(28)31-15-23(2,13-24(25,26)27)14-30-18-10-9-17-11-19(16-7-5-4-6-8-16)22(29)32-20(17)12-18/h3-12H,1,13-15H2,2H3. The molecule has 0 radical (unpaired) electrons. The Balaban J connectivity index is 1.81. The Morgan fingerprint density at radius 3 is 2.47 bits per heavy atom. The molecular weight excluding hydrogens is 425 g/mol. The highest BCUT2D eigenvalue weighted by atomic mass is 19.4. The molecule has 1 atom stereocenters. The van der Waals surface area contributed by atoms with Gasteiger partial charge >= 0.3 is 17.8 Å². The molecule has 3 aromatic rings. The lowest BCUT2D eigenvalue weighted by Crippen LogP contribution is -2.36. The maximum Gasteiger partial charge on any atom is 0.389 e. The average molecular weight is 446 g/mol. The first-order valence-corrected chi connectivity index (χ1v) is 9.71. The van der Waals surface area contributed by atoms with Crippen LogP contribution in [0.4, 0.5) is 13.2 Å². The summed E-state index contributed by atoms with van der Waals surface area (Å²) in [6.07, 6.45) is -4.82. The highest BCUT2D eigenvalue weighted by Gasteiger charge is 2.41. The first-order chi connectivity index (χ1) is 15.1. The third kappa shape index (κ3) is 6.00. The van der Waals surface area contributed by atoms with Gasteiger partial charge in [-0.2, -0.15) is 13.2 Å². The number of alkyl halides is 3. The van der Waals surface area contributed by atoms with Crippen molar-refractivity contribution in [1.82, 2.24) is 0 Å². The summed E-state index contributed by atoms with van der Waals surface area (Å²) in [6, 6.07) is 15.4. The Labute approximate surface area is 182 Å². The Kier molecular flexibility index (Phi) is 6.72. The minimum atomic E-state index is -4.48. The molecule has 0 saturated carbocycles. The molecule has 0 saturated heterocycles. The molecule has 2 aromatic carbocycles. The van der Waals surface area contributed by atoms with Crippen molar-refractivity contribution < 1.29 is 31.9 Å². The van der Waals surface area contributed by atoms with Crippen molar-refractivity contribution in [2.45, 2.75) is 19.5 Å². The lowest BCUT2D eigenvalue weighted by molar-refractivity contribution is -0.172. The summed E-state index contributed by atoms with van der Waals surface area (Å²) >= 11 is 0. The fourth-order valence-corrected chi connectivity index (χ4v) is 3.19. The number of esters is 1. The van der Waals surface area contributed by atoms with E-state index in [1.54, 1.807) is 42.5 Å². The zero-order valence-corrected chi connectivity index (χ0v) is 17.3. The van der Waals surface area contributed by atoms with Crippen molar-refractivity contribution in [3.8, 4) is 16.9 Å². The van der Waals surface area contributed by atoms with Crippen LogP contribution >= 0.6 is 0 Å². The molecule has 8 heteroatoms. The van der Waals surface area contributed by atoms with E-state index in [4.69, 9.17) is 13.9 Å². The molecule has 0 fully saturated rings. The van der Waals surface area contributed by atoms with Crippen molar-refractivity contribution in [2.75, 3.05) is 13.2 Å². The second-order valence-electron chi connectivity index (χ2n) is 7.72. The Morgan fingerprint density at radius 1 is 1.09 bits per heavy atom. The second kappa shape index (κ2) is 9.30. The quantitative estimate of drug-likeness (QED) is 0.259. The van der Waals surface area contributed by atoms with E-state index in [2.05, 4.69) is 6.58 Å². The molecule has 0 N–H and O–H groups in total. The molecule has 0 aliphatic heterocycles. The monoisotopic (exact) mass is 446 g/mol. The van der Waals surface area contributed by atoms with Gasteiger partial charge in [0.05, 0.1) is 18.6 Å². The van der Waals surface area contributed by atoms with Crippen molar-refractivity contribution in [1.29, 1.82) is 0 Å². The Bertz CT molecular complexity index is 1170. The molecule has 3 rings (SSSR count). The molecule has 0 aliphatic carbocycles. The zero-order chi connectivity index (χ0) is 23.4. The molecule has 0 aliphatic rings. The Morgan fingerprint density at radius 2 is 1.81 bits per heavy atom. The molecule has 1 heterocycles. The lowest BCUT2D eigenvalue weighted by atomic mass is 9.88. The van der Waals surface area contributed by atoms with Gasteiger partial charge in [-0.25, -0.2) is 9.59 Å². The number of carbonyl (C=O) groups excluding carboxylic acids is 1. The second-order valence-corrected chi connectivity index (χ2v) is 7.72. The minimum absolute atomic E-state index is 0.219. The number of halogens is 3. The van der Waals surface area contributed by atoms with Gasteiger partial charge in [0.1, 0.15) is 17.9 Å². The summed E-state index contributed by atoms with van der Waals surface area (Å²) in [5.74, 6) is -0.600. The highest BCUT2D eigenvalue weighted by molar-refractivity contribution is 5.82. The van der Waals surface area contributed by atoms with E-state index in [0.29, 0.717) is 16.5 Å². The van der Waals surface area contributed by atoms with Crippen LogP contribution in [0, 0.1) is 5.41 Å². The summed E-state index contributed by atoms with van der Waals surface area (Å²) in [7, 11) is 0. The number of hydrogen-bond acceptors (Lipinski definition) is 5. The number of ether oxygens (including phenoxy) is 2. The summed E-state index contributed by atoms with van der Waals surface area (Å²) in [6.45, 7) is 3.66. The molecule has 168 valence electrons. The fourth-order valence-electron chi connectivity index (χ4n) is 3.19. The van der Waals surface area contributed by atoms with Crippen LogP contribution in [-0.4, -0.2) is 25.4 Å². The van der Waals surface area contributed by atoms with Crippen LogP contribution in [0.1, 0.15) is 13.3 Å². The summed E-state index contributed by atoms with van der Waals surface area (Å²) in [4.78, 5) is 23.7. The van der Waals surface area contributed by atoms with E-state index >= 15 is 0 Å². The topological polar surface area (TPSA) is 65.7 Å². The van der Waals surface area contributed by atoms with Crippen molar-refractivity contribution in [3.63, 3.8) is 0 Å². The van der Waals surface area contributed by atoms with Gasteiger partial charge in [-0.15, -0.1) is 0 Å². The van der Waals surface area contributed by atoms with E-state index < -0.39 is 36.2 Å². The molecule has 1 unspecified atom stereocenters. The maximum atomic E-state index is 13.0. The van der Waals surface area contributed by atoms with Gasteiger partial charge in [0.15, 0.2) is 0 Å². The molecular formula is C24H21F3O5. The van der Waals surface area contributed by atoms with Crippen LogP contribution in [0.25, 0.3) is 22.1 Å². The summed E-state index contributed by atoms with van der Waals surface area (Å²) in [5.41, 5.74) is -0.722. The van der Waals surface area contributed by atoms with Crippen LogP contribution in [0.2, 0.25) is 0 Å². The molecule has 32 heavy (non-hydrogen) atoms. The van der Waals surface area contributed by atoms with Crippen LogP contribution < -0.4 is 10.4 Å². The third-order valence-electron chi connectivity index (χ3n) is 4.74. The molecule has 1 aromatic heterocycles. The summed E-state index contributed by atoms with van der Waals surface area (Å²) in [5, 5.41) is 0.633. The lowest BCUT2D eigenvalue weighted by Gasteiger charge is -2.29. The van der Waals surface area contributed by atoms with E-state index in [-0.39, 0.29) is 17.9 Å². The van der Waals surface area contributed by atoms with Gasteiger partial charge in [0, 0.05) is 22.9 Å². The van der Waals surface area contributed by atoms with Crippen molar-refractivity contribution in [2.24, 2.45) is 5.41 Å². The van der Waals surface area contributed by atoms with E-state index in [0.717, 1.165) is 6.08 Å². The number of rotatable bonds is 8. The molecule has 0 bridgehead atoms. The average Bonchev–Trinajstić information content (AvgIpc) is 2.75. The van der Waals surface area contributed by atoms with Crippen molar-refractivity contribution in [3.05, 3.63) is 77.7 Å². The van der Waals surface area contributed by atoms with Gasteiger partial charge in [0.2, 0.25) is 0 Å². The van der Waals surface area contributed by atoms with Crippen LogP contribution in [-0.2, 0) is 9.53 Å². The number of benzene rings is 2.